The summed E-state index contributed by atoms with van der Waals surface area (Å²) in [5.74, 6) is -6.58. The summed E-state index contributed by atoms with van der Waals surface area (Å²) in [6, 6.07) is 10.00. The smallest absolute Gasteiger partial charge is 0.267 e. The van der Waals surface area contributed by atoms with Gasteiger partial charge in [0.1, 0.15) is 5.82 Å². The number of amides is 1. The number of halogens is 4. The molecular weight excluding hydrogens is 478 g/mol. The van der Waals surface area contributed by atoms with Crippen molar-refractivity contribution in [1.82, 2.24) is 14.9 Å². The Balaban J connectivity index is 1.35. The zero-order valence-corrected chi connectivity index (χ0v) is 19.1. The van der Waals surface area contributed by atoms with E-state index >= 15 is 0 Å². The number of carbonyl (C=O) groups is 1. The van der Waals surface area contributed by atoms with E-state index < -0.39 is 42.0 Å². The number of carbonyl (C=O) groups excluding carboxylic acids is 1. The van der Waals surface area contributed by atoms with E-state index in [2.05, 4.69) is 15.3 Å². The van der Waals surface area contributed by atoms with Crippen LogP contribution in [0.3, 0.4) is 0 Å². The number of likely N-dealkylation sites (tertiary alicyclic amines) is 1. The fourth-order valence-corrected chi connectivity index (χ4v) is 4.00. The van der Waals surface area contributed by atoms with E-state index in [1.807, 2.05) is 6.07 Å². The van der Waals surface area contributed by atoms with Gasteiger partial charge < -0.3 is 10.1 Å². The van der Waals surface area contributed by atoms with Gasteiger partial charge in [-0.2, -0.15) is 5.26 Å². The molecule has 0 saturated carbocycles. The van der Waals surface area contributed by atoms with Gasteiger partial charge in [-0.1, -0.05) is 12.1 Å². The zero-order valence-electron chi connectivity index (χ0n) is 19.1. The molecule has 2 atom stereocenters. The van der Waals surface area contributed by atoms with Gasteiger partial charge in [0.15, 0.2) is 17.4 Å². The van der Waals surface area contributed by atoms with Crippen LogP contribution >= 0.6 is 0 Å². The van der Waals surface area contributed by atoms with Crippen molar-refractivity contribution in [2.45, 2.75) is 31.2 Å². The number of alkyl halides is 2. The van der Waals surface area contributed by atoms with Crippen LogP contribution in [0, 0.1) is 23.0 Å². The minimum atomic E-state index is -3.07. The van der Waals surface area contributed by atoms with Crippen molar-refractivity contribution < 1.29 is 27.1 Å². The molecule has 0 radical (unpaired) electrons. The van der Waals surface area contributed by atoms with Crippen molar-refractivity contribution in [3.63, 3.8) is 0 Å². The lowest BCUT2D eigenvalue weighted by atomic mass is 9.85. The van der Waals surface area contributed by atoms with Crippen molar-refractivity contribution in [3.05, 3.63) is 77.6 Å². The second kappa shape index (κ2) is 10.3. The molecule has 36 heavy (non-hydrogen) atoms. The van der Waals surface area contributed by atoms with Gasteiger partial charge in [-0.25, -0.2) is 27.5 Å². The van der Waals surface area contributed by atoms with Crippen molar-refractivity contribution >= 4 is 11.7 Å². The lowest BCUT2D eigenvalue weighted by Gasteiger charge is -2.40. The van der Waals surface area contributed by atoms with Gasteiger partial charge in [-0.3, -0.25) is 9.69 Å². The molecule has 1 aliphatic rings. The molecule has 1 N–H and O–H groups in total. The first kappa shape index (κ1) is 25.1. The van der Waals surface area contributed by atoms with E-state index in [1.54, 1.807) is 12.1 Å². The number of aromatic nitrogens is 2. The fourth-order valence-electron chi connectivity index (χ4n) is 4.00. The van der Waals surface area contributed by atoms with Crippen LogP contribution in [0.5, 0.6) is 11.6 Å². The van der Waals surface area contributed by atoms with Crippen LogP contribution in [0.1, 0.15) is 30.4 Å². The summed E-state index contributed by atoms with van der Waals surface area (Å²) in [5, 5.41) is 11.4. The number of anilines is 1. The average Bonchev–Trinajstić information content (AvgIpc) is 2.86. The van der Waals surface area contributed by atoms with Gasteiger partial charge in [0.25, 0.3) is 5.92 Å². The maximum Gasteiger partial charge on any atom is 0.267 e. The molecule has 2 heterocycles. The van der Waals surface area contributed by atoms with E-state index in [0.717, 1.165) is 18.3 Å². The second-order valence-corrected chi connectivity index (χ2v) is 8.39. The number of hydrogen-bond acceptors (Lipinski definition) is 6. The number of nitriles is 1. The van der Waals surface area contributed by atoms with Gasteiger partial charge in [0, 0.05) is 6.07 Å². The molecule has 7 nitrogen and oxygen atoms in total. The maximum atomic E-state index is 15.0. The molecule has 0 bridgehead atoms. The summed E-state index contributed by atoms with van der Waals surface area (Å²) in [4.78, 5) is 22.0. The molecule has 1 amide bonds. The minimum Gasteiger partial charge on any atom is -0.434 e. The average molecular weight is 499 g/mol. The molecular formula is C25H21F4N5O2. The Hall–Kier alpha value is -4.04. The molecule has 4 rings (SSSR count). The summed E-state index contributed by atoms with van der Waals surface area (Å²) in [6.07, 6.45) is 2.45. The van der Waals surface area contributed by atoms with Crippen molar-refractivity contribution in [2.24, 2.45) is 0 Å². The third-order valence-electron chi connectivity index (χ3n) is 5.99. The number of ether oxygens (including phenoxy) is 1. The molecule has 2 aromatic carbocycles. The first-order valence-electron chi connectivity index (χ1n) is 11.0. The van der Waals surface area contributed by atoms with Crippen LogP contribution in [-0.4, -0.2) is 45.8 Å². The van der Waals surface area contributed by atoms with E-state index in [1.165, 1.54) is 30.2 Å². The summed E-state index contributed by atoms with van der Waals surface area (Å²) in [5.41, 5.74) is 0.851. The molecule has 11 heteroatoms. The quantitative estimate of drug-likeness (QED) is 0.487. The van der Waals surface area contributed by atoms with Gasteiger partial charge in [-0.05, 0) is 49.7 Å². The number of nitrogens with one attached hydrogen (secondary N) is 1. The predicted octanol–water partition coefficient (Wildman–Crippen LogP) is 4.87. The van der Waals surface area contributed by atoms with E-state index in [4.69, 9.17) is 10.00 Å². The first-order valence-corrected chi connectivity index (χ1v) is 11.0. The summed E-state index contributed by atoms with van der Waals surface area (Å²) >= 11 is 0. The normalized spacial score (nSPS) is 18.2. The number of rotatable bonds is 6. The highest BCUT2D eigenvalue weighted by atomic mass is 19.3. The first-order chi connectivity index (χ1) is 17.2. The van der Waals surface area contributed by atoms with Gasteiger partial charge in [0.2, 0.25) is 11.8 Å². The molecule has 1 aromatic heterocycles. The molecule has 0 spiro atoms. The Bertz CT molecular complexity index is 1280. The molecule has 3 aromatic rings. The monoisotopic (exact) mass is 499 g/mol. The topological polar surface area (TPSA) is 91.1 Å². The van der Waals surface area contributed by atoms with E-state index in [0.29, 0.717) is 17.2 Å². The summed E-state index contributed by atoms with van der Waals surface area (Å²) < 4.78 is 61.9. The number of benzene rings is 2. The highest BCUT2D eigenvalue weighted by molar-refractivity contribution is 5.93. The maximum absolute atomic E-state index is 15.0. The van der Waals surface area contributed by atoms with Gasteiger partial charge in [-0.15, -0.1) is 0 Å². The van der Waals surface area contributed by atoms with Crippen LogP contribution in [0.2, 0.25) is 0 Å². The Morgan fingerprint density at radius 2 is 1.94 bits per heavy atom. The summed E-state index contributed by atoms with van der Waals surface area (Å²) in [7, 11) is 0. The highest BCUT2D eigenvalue weighted by Crippen LogP contribution is 2.41. The third kappa shape index (κ3) is 5.60. The predicted molar refractivity (Wildman–Crippen MR) is 122 cm³/mol. The Morgan fingerprint density at radius 1 is 1.19 bits per heavy atom. The lowest BCUT2D eigenvalue weighted by molar-refractivity contribution is -0.127. The van der Waals surface area contributed by atoms with Gasteiger partial charge >= 0.3 is 0 Å². The molecule has 1 saturated heterocycles. The zero-order chi connectivity index (χ0) is 25.9. The van der Waals surface area contributed by atoms with Crippen LogP contribution in [-0.2, 0) is 4.79 Å². The SMILES string of the molecule is C[C@@H](C(=O)Nc1cnc(Oc2ccc(F)cc2F)cn1)N1CC[C@@H](c2ccc(C#N)cc2)C(F)(F)C1. The fraction of sp³-hybridized carbons (Fsp3) is 0.280. The number of nitrogens with zero attached hydrogens (tertiary/aromatic N) is 4. The molecule has 0 aliphatic carbocycles. The van der Waals surface area contributed by atoms with Crippen LogP contribution in [0.4, 0.5) is 23.4 Å². The van der Waals surface area contributed by atoms with E-state index in [-0.39, 0.29) is 30.4 Å². The van der Waals surface area contributed by atoms with Crippen molar-refractivity contribution in [3.8, 4) is 17.7 Å². The standard InChI is InChI=1S/C25H21F4N5O2/c1-15(34-9-8-19(25(28,29)14-34)17-4-2-16(11-30)3-5-17)24(35)33-22-12-32-23(13-31-22)36-21-7-6-18(26)10-20(21)27/h2-7,10,12-13,15,19H,8-9,14H2,1H3,(H,31,33,35)/t15-,19-/m0/s1. The lowest BCUT2D eigenvalue weighted by Crippen LogP contribution is -2.53. The molecule has 0 unspecified atom stereocenters. The third-order valence-corrected chi connectivity index (χ3v) is 5.99. The molecule has 1 aliphatic heterocycles. The van der Waals surface area contributed by atoms with Crippen molar-refractivity contribution in [1.29, 1.82) is 5.26 Å². The Morgan fingerprint density at radius 3 is 2.56 bits per heavy atom. The van der Waals surface area contributed by atoms with E-state index in [9.17, 15) is 22.4 Å². The number of hydrogen-bond donors (Lipinski definition) is 1. The highest BCUT2D eigenvalue weighted by Gasteiger charge is 2.46. The second-order valence-electron chi connectivity index (χ2n) is 8.39. The minimum absolute atomic E-state index is 0.0537. The summed E-state index contributed by atoms with van der Waals surface area (Å²) in [6.45, 7) is 1.19. The number of piperidine rings is 1. The van der Waals surface area contributed by atoms with Gasteiger partial charge in [0.05, 0.1) is 42.5 Å². The Kier molecular flexibility index (Phi) is 7.17. The molecule has 186 valence electrons. The van der Waals surface area contributed by atoms with Crippen molar-refractivity contribution in [2.75, 3.05) is 18.4 Å². The van der Waals surface area contributed by atoms with Crippen LogP contribution < -0.4 is 10.1 Å². The molecule has 1 fully saturated rings. The Labute approximate surface area is 204 Å². The van der Waals surface area contributed by atoms with Crippen LogP contribution in [0.15, 0.2) is 54.9 Å². The largest absolute Gasteiger partial charge is 0.434 e. The van der Waals surface area contributed by atoms with Crippen LogP contribution in [0.25, 0.3) is 0 Å².